The van der Waals surface area contributed by atoms with E-state index in [0.717, 1.165) is 34.1 Å². The first-order valence-electron chi connectivity index (χ1n) is 8.76. The highest BCUT2D eigenvalue weighted by Gasteiger charge is 2.11. The van der Waals surface area contributed by atoms with Crippen LogP contribution in [0.2, 0.25) is 0 Å². The number of hydrogen-bond donors (Lipinski definition) is 0. The van der Waals surface area contributed by atoms with E-state index in [2.05, 4.69) is 38.7 Å². The van der Waals surface area contributed by atoms with Crippen molar-refractivity contribution in [2.75, 3.05) is 0 Å². The van der Waals surface area contributed by atoms with Gasteiger partial charge in [-0.3, -0.25) is 0 Å². The summed E-state index contributed by atoms with van der Waals surface area (Å²) in [6.07, 6.45) is 1.34. The summed E-state index contributed by atoms with van der Waals surface area (Å²) >= 11 is 1.87. The van der Waals surface area contributed by atoms with Gasteiger partial charge in [0.1, 0.15) is 12.0 Å². The maximum absolute atomic E-state index is 10.7. The molecule has 3 aromatic rings. The number of pyridine rings is 1. The Morgan fingerprint density at radius 1 is 1.08 bits per heavy atom. The van der Waals surface area contributed by atoms with E-state index in [0.29, 0.717) is 17.6 Å². The Labute approximate surface area is 158 Å². The second-order valence-corrected chi connectivity index (χ2v) is 8.25. The summed E-state index contributed by atoms with van der Waals surface area (Å²) in [5.74, 6) is 1.41. The molecule has 26 heavy (non-hydrogen) atoms. The average Bonchev–Trinajstić information content (AvgIpc) is 2.61. The molecule has 1 aromatic heterocycles. The summed E-state index contributed by atoms with van der Waals surface area (Å²) < 4.78 is 6.06. The van der Waals surface area contributed by atoms with Crippen LogP contribution in [0.4, 0.5) is 0 Å². The molecular weight excluding hydrogens is 342 g/mol. The molecule has 0 saturated heterocycles. The summed E-state index contributed by atoms with van der Waals surface area (Å²) in [6, 6.07) is 13.9. The molecule has 2 aromatic carbocycles. The van der Waals surface area contributed by atoms with Gasteiger partial charge in [0.15, 0.2) is 0 Å². The summed E-state index contributed by atoms with van der Waals surface area (Å²) in [5, 5.41) is 1.56. The lowest BCUT2D eigenvalue weighted by molar-refractivity contribution is -0.107. The molecule has 4 heteroatoms. The first kappa shape index (κ1) is 18.5. The first-order valence-corrected chi connectivity index (χ1v) is 9.64. The lowest BCUT2D eigenvalue weighted by Crippen LogP contribution is -1.96. The van der Waals surface area contributed by atoms with E-state index < -0.39 is 0 Å². The monoisotopic (exact) mass is 365 g/mol. The molecule has 0 amide bonds. The topological polar surface area (TPSA) is 39.2 Å². The Kier molecular flexibility index (Phi) is 5.62. The van der Waals surface area contributed by atoms with E-state index in [-0.39, 0.29) is 0 Å². The molecule has 134 valence electrons. The number of fused-ring (bicyclic) bond motifs is 1. The van der Waals surface area contributed by atoms with Gasteiger partial charge in [-0.1, -0.05) is 19.9 Å². The van der Waals surface area contributed by atoms with Crippen molar-refractivity contribution in [3.05, 3.63) is 59.2 Å². The molecule has 0 atom stereocenters. The maximum atomic E-state index is 10.7. The molecule has 0 bridgehead atoms. The minimum Gasteiger partial charge on any atom is -0.439 e. The minimum atomic E-state index is 0.424. The normalized spacial score (nSPS) is 11.1. The van der Waals surface area contributed by atoms with Gasteiger partial charge in [0.2, 0.25) is 5.88 Å². The van der Waals surface area contributed by atoms with Crippen LogP contribution in [-0.4, -0.2) is 16.5 Å². The van der Waals surface area contributed by atoms with Gasteiger partial charge < -0.3 is 9.53 Å². The molecule has 0 fully saturated rings. The minimum absolute atomic E-state index is 0.424. The summed E-state index contributed by atoms with van der Waals surface area (Å²) in [5.41, 5.74) is 4.24. The number of carbonyl (C=O) groups excluding carboxylic acids is 1. The van der Waals surface area contributed by atoms with Gasteiger partial charge in [0.05, 0.1) is 5.52 Å². The van der Waals surface area contributed by atoms with E-state index in [4.69, 9.17) is 4.74 Å². The smallest absolute Gasteiger partial charge is 0.219 e. The fourth-order valence-corrected chi connectivity index (χ4v) is 3.80. The molecule has 0 saturated carbocycles. The van der Waals surface area contributed by atoms with Crippen molar-refractivity contribution < 1.29 is 9.53 Å². The van der Waals surface area contributed by atoms with Crippen molar-refractivity contribution in [1.29, 1.82) is 0 Å². The fourth-order valence-electron chi connectivity index (χ4n) is 2.81. The van der Waals surface area contributed by atoms with Crippen LogP contribution in [0.15, 0.2) is 47.4 Å². The quantitative estimate of drug-likeness (QED) is 0.403. The number of rotatable bonds is 6. The Bertz CT molecular complexity index is 950. The molecular formula is C22H23NO2S. The van der Waals surface area contributed by atoms with Crippen LogP contribution >= 0.6 is 11.8 Å². The Balaban J connectivity index is 1.87. The number of carbonyl (C=O) groups is 1. The van der Waals surface area contributed by atoms with E-state index in [9.17, 15) is 4.79 Å². The van der Waals surface area contributed by atoms with Crippen molar-refractivity contribution in [2.24, 2.45) is 0 Å². The highest BCUT2D eigenvalue weighted by molar-refractivity contribution is 8.00. The average molecular weight is 365 g/mol. The van der Waals surface area contributed by atoms with Gasteiger partial charge in [-0.15, -0.1) is 11.8 Å². The van der Waals surface area contributed by atoms with Gasteiger partial charge in [-0.05, 0) is 60.9 Å². The third-order valence-electron chi connectivity index (χ3n) is 4.31. The Morgan fingerprint density at radius 3 is 2.62 bits per heavy atom. The predicted molar refractivity (Wildman–Crippen MR) is 108 cm³/mol. The van der Waals surface area contributed by atoms with Crippen LogP contribution in [0, 0.1) is 13.8 Å². The SMILES string of the molecule is Cc1c(Oc2ccc3cc(CC=O)ccc3n2)ccc(SC(C)C)c1C. The molecule has 0 unspecified atom stereocenters. The third-order valence-corrected chi connectivity index (χ3v) is 5.48. The van der Waals surface area contributed by atoms with Gasteiger partial charge in [0, 0.05) is 28.0 Å². The lowest BCUT2D eigenvalue weighted by Gasteiger charge is -2.15. The molecule has 0 aliphatic heterocycles. The van der Waals surface area contributed by atoms with E-state index in [1.165, 1.54) is 10.5 Å². The molecule has 3 rings (SSSR count). The molecule has 0 aliphatic carbocycles. The summed E-state index contributed by atoms with van der Waals surface area (Å²) in [6.45, 7) is 8.61. The number of ether oxygens (including phenoxy) is 1. The zero-order chi connectivity index (χ0) is 18.7. The van der Waals surface area contributed by atoms with Gasteiger partial charge >= 0.3 is 0 Å². The zero-order valence-corrected chi connectivity index (χ0v) is 16.4. The Hall–Kier alpha value is -2.33. The van der Waals surface area contributed by atoms with Crippen molar-refractivity contribution >= 4 is 29.0 Å². The zero-order valence-electron chi connectivity index (χ0n) is 15.6. The van der Waals surface area contributed by atoms with Gasteiger partial charge in [-0.2, -0.15) is 0 Å². The number of benzene rings is 2. The Morgan fingerprint density at radius 2 is 1.88 bits per heavy atom. The summed E-state index contributed by atoms with van der Waals surface area (Å²) in [4.78, 5) is 16.6. The predicted octanol–water partition coefficient (Wildman–Crippen LogP) is 5.89. The summed E-state index contributed by atoms with van der Waals surface area (Å²) in [7, 11) is 0. The van der Waals surface area contributed by atoms with Crippen LogP contribution in [0.3, 0.4) is 0 Å². The van der Waals surface area contributed by atoms with Crippen molar-refractivity contribution in [3.63, 3.8) is 0 Å². The second kappa shape index (κ2) is 7.92. The van der Waals surface area contributed by atoms with Crippen LogP contribution in [0.25, 0.3) is 10.9 Å². The molecule has 0 aliphatic rings. The number of aldehydes is 1. The molecule has 3 nitrogen and oxygen atoms in total. The first-order chi connectivity index (χ1) is 12.5. The number of hydrogen-bond acceptors (Lipinski definition) is 4. The molecule has 0 radical (unpaired) electrons. The number of nitrogens with zero attached hydrogens (tertiary/aromatic N) is 1. The number of aromatic nitrogens is 1. The largest absolute Gasteiger partial charge is 0.439 e. The molecule has 0 spiro atoms. The van der Waals surface area contributed by atoms with Crippen LogP contribution in [-0.2, 0) is 11.2 Å². The van der Waals surface area contributed by atoms with E-state index in [1.54, 1.807) is 0 Å². The van der Waals surface area contributed by atoms with E-state index >= 15 is 0 Å². The maximum Gasteiger partial charge on any atom is 0.219 e. The highest BCUT2D eigenvalue weighted by Crippen LogP contribution is 2.34. The van der Waals surface area contributed by atoms with Gasteiger partial charge in [-0.25, -0.2) is 4.98 Å². The lowest BCUT2D eigenvalue weighted by atomic mass is 10.1. The van der Waals surface area contributed by atoms with Crippen LogP contribution < -0.4 is 4.74 Å². The molecule has 1 heterocycles. The van der Waals surface area contributed by atoms with E-state index in [1.807, 2.05) is 48.2 Å². The fraction of sp³-hybridized carbons (Fsp3) is 0.273. The van der Waals surface area contributed by atoms with Crippen LogP contribution in [0.5, 0.6) is 11.6 Å². The molecule has 0 N–H and O–H groups in total. The van der Waals surface area contributed by atoms with Crippen molar-refractivity contribution in [3.8, 4) is 11.6 Å². The second-order valence-electron chi connectivity index (χ2n) is 6.63. The standard InChI is InChI=1S/C22H23NO2S/c1-14(2)26-21-9-8-20(15(3)16(21)4)25-22-10-6-18-13-17(11-12-24)5-7-19(18)23-22/h5-10,12-14H,11H2,1-4H3. The van der Waals surface area contributed by atoms with Crippen LogP contribution in [0.1, 0.15) is 30.5 Å². The van der Waals surface area contributed by atoms with Gasteiger partial charge in [0.25, 0.3) is 0 Å². The van der Waals surface area contributed by atoms with Crippen molar-refractivity contribution in [2.45, 2.75) is 44.3 Å². The third kappa shape index (κ3) is 4.07. The van der Waals surface area contributed by atoms with Crippen molar-refractivity contribution in [1.82, 2.24) is 4.98 Å². The highest BCUT2D eigenvalue weighted by atomic mass is 32.2. The number of thioether (sulfide) groups is 1.